The molecule has 0 radical (unpaired) electrons. The molecule has 34 heavy (non-hydrogen) atoms. The lowest BCUT2D eigenvalue weighted by Gasteiger charge is -2.41. The van der Waals surface area contributed by atoms with Gasteiger partial charge in [0.1, 0.15) is 23.6 Å². The van der Waals surface area contributed by atoms with Crippen molar-refractivity contribution < 1.29 is 4.74 Å². The Morgan fingerprint density at radius 1 is 1.06 bits per heavy atom. The largest absolute Gasteiger partial charge is 0.491 e. The number of nitrogens with one attached hydrogen (secondary N) is 2. The molecule has 9 heteroatoms. The van der Waals surface area contributed by atoms with Crippen LogP contribution in [-0.2, 0) is 0 Å². The molecule has 0 aliphatic carbocycles. The first-order chi connectivity index (χ1) is 16.6. The maximum Gasteiger partial charge on any atom is 0.132 e. The quantitative estimate of drug-likeness (QED) is 0.551. The van der Waals surface area contributed by atoms with Gasteiger partial charge in [0.25, 0.3) is 0 Å². The number of aromatic nitrogens is 4. The van der Waals surface area contributed by atoms with E-state index >= 15 is 0 Å². The standard InChI is InChI=1S/C25H36N8O/c1-18(2)34-20-4-5-22-21(14-20)25(30-29-22)23-15-24(28-17-27-23)33-13-12-32(19(3)16-33)11-10-31-8-6-26-7-9-31/h4-5,14-15,17-19,26H,6-13,16H2,1-3H3,(H,29,30)/t19-/m0/s1. The van der Waals surface area contributed by atoms with E-state index in [9.17, 15) is 0 Å². The summed E-state index contributed by atoms with van der Waals surface area (Å²) in [7, 11) is 0. The first-order valence-electron chi connectivity index (χ1n) is 12.5. The van der Waals surface area contributed by atoms with E-state index in [1.165, 1.54) is 0 Å². The molecular formula is C25H36N8O. The Bertz CT molecular complexity index is 1090. The van der Waals surface area contributed by atoms with E-state index in [1.807, 2.05) is 32.0 Å². The van der Waals surface area contributed by atoms with Crippen LogP contribution in [0.4, 0.5) is 5.82 Å². The Balaban J connectivity index is 1.27. The normalized spacial score (nSPS) is 20.4. The average molecular weight is 465 g/mol. The topological polar surface area (TPSA) is 85.4 Å². The summed E-state index contributed by atoms with van der Waals surface area (Å²) in [6.45, 7) is 16.2. The number of hydrogen-bond donors (Lipinski definition) is 2. The van der Waals surface area contributed by atoms with Crippen molar-refractivity contribution >= 4 is 16.7 Å². The van der Waals surface area contributed by atoms with Gasteiger partial charge in [0.15, 0.2) is 0 Å². The molecule has 3 aromatic rings. The highest BCUT2D eigenvalue weighted by Gasteiger charge is 2.25. The van der Waals surface area contributed by atoms with E-state index in [0.717, 1.165) is 92.8 Å². The molecule has 2 aromatic heterocycles. The molecule has 2 fully saturated rings. The third-order valence-electron chi connectivity index (χ3n) is 6.80. The highest BCUT2D eigenvalue weighted by atomic mass is 16.5. The van der Waals surface area contributed by atoms with Gasteiger partial charge in [-0.25, -0.2) is 9.97 Å². The Labute approximate surface area is 201 Å². The molecule has 9 nitrogen and oxygen atoms in total. The molecule has 5 rings (SSSR count). The smallest absolute Gasteiger partial charge is 0.132 e. The van der Waals surface area contributed by atoms with Gasteiger partial charge in [-0.05, 0) is 39.0 Å². The van der Waals surface area contributed by atoms with Gasteiger partial charge in [-0.2, -0.15) is 5.10 Å². The molecule has 0 saturated carbocycles. The summed E-state index contributed by atoms with van der Waals surface area (Å²) >= 11 is 0. The highest BCUT2D eigenvalue weighted by molar-refractivity contribution is 5.93. The van der Waals surface area contributed by atoms with Crippen LogP contribution in [0.15, 0.2) is 30.6 Å². The van der Waals surface area contributed by atoms with E-state index in [2.05, 4.69) is 53.2 Å². The van der Waals surface area contributed by atoms with Crippen LogP contribution in [-0.4, -0.2) is 101 Å². The predicted molar refractivity (Wildman–Crippen MR) is 135 cm³/mol. The Morgan fingerprint density at radius 3 is 2.71 bits per heavy atom. The number of ether oxygens (including phenoxy) is 1. The second-order valence-electron chi connectivity index (χ2n) is 9.63. The summed E-state index contributed by atoms with van der Waals surface area (Å²) in [4.78, 5) is 16.7. The van der Waals surface area contributed by atoms with Gasteiger partial charge in [0.2, 0.25) is 0 Å². The molecule has 1 aromatic carbocycles. The summed E-state index contributed by atoms with van der Waals surface area (Å²) < 4.78 is 5.89. The highest BCUT2D eigenvalue weighted by Crippen LogP contribution is 2.30. The van der Waals surface area contributed by atoms with E-state index in [0.29, 0.717) is 6.04 Å². The van der Waals surface area contributed by atoms with Gasteiger partial charge < -0.3 is 15.0 Å². The van der Waals surface area contributed by atoms with Crippen LogP contribution in [0.3, 0.4) is 0 Å². The second kappa shape index (κ2) is 10.2. The summed E-state index contributed by atoms with van der Waals surface area (Å²) in [6, 6.07) is 8.56. The average Bonchev–Trinajstić information content (AvgIpc) is 3.27. The van der Waals surface area contributed by atoms with Crippen LogP contribution in [0.5, 0.6) is 5.75 Å². The maximum atomic E-state index is 5.89. The van der Waals surface area contributed by atoms with Gasteiger partial charge >= 0.3 is 0 Å². The zero-order chi connectivity index (χ0) is 23.5. The third-order valence-corrected chi connectivity index (χ3v) is 6.80. The van der Waals surface area contributed by atoms with Crippen molar-refractivity contribution in [2.45, 2.75) is 32.9 Å². The van der Waals surface area contributed by atoms with Crippen molar-refractivity contribution in [3.8, 4) is 17.1 Å². The number of aromatic amines is 1. The molecule has 2 aliphatic rings. The lowest BCUT2D eigenvalue weighted by molar-refractivity contribution is 0.148. The number of H-pyrrole nitrogens is 1. The van der Waals surface area contributed by atoms with Crippen LogP contribution in [0.2, 0.25) is 0 Å². The van der Waals surface area contributed by atoms with Crippen molar-refractivity contribution in [1.29, 1.82) is 0 Å². The van der Waals surface area contributed by atoms with Gasteiger partial charge in [-0.3, -0.25) is 14.9 Å². The zero-order valence-corrected chi connectivity index (χ0v) is 20.5. The third kappa shape index (κ3) is 5.16. The molecule has 2 saturated heterocycles. The minimum atomic E-state index is 0.121. The van der Waals surface area contributed by atoms with E-state index in [-0.39, 0.29) is 6.10 Å². The second-order valence-corrected chi connectivity index (χ2v) is 9.63. The van der Waals surface area contributed by atoms with Crippen LogP contribution < -0.4 is 15.0 Å². The number of fused-ring (bicyclic) bond motifs is 1. The fourth-order valence-corrected chi connectivity index (χ4v) is 4.92. The van der Waals surface area contributed by atoms with Gasteiger partial charge in [-0.15, -0.1) is 0 Å². The number of benzene rings is 1. The molecule has 1 atom stereocenters. The minimum Gasteiger partial charge on any atom is -0.491 e. The van der Waals surface area contributed by atoms with E-state index < -0.39 is 0 Å². The van der Waals surface area contributed by atoms with Crippen LogP contribution >= 0.6 is 0 Å². The zero-order valence-electron chi connectivity index (χ0n) is 20.5. The number of hydrogen-bond acceptors (Lipinski definition) is 8. The number of nitrogens with zero attached hydrogens (tertiary/aromatic N) is 6. The maximum absolute atomic E-state index is 5.89. The summed E-state index contributed by atoms with van der Waals surface area (Å²) in [5, 5.41) is 12.1. The van der Waals surface area contributed by atoms with Crippen molar-refractivity contribution in [2.24, 2.45) is 0 Å². The fourth-order valence-electron chi connectivity index (χ4n) is 4.92. The first-order valence-corrected chi connectivity index (χ1v) is 12.5. The molecule has 2 aliphatic heterocycles. The Hall–Kier alpha value is -2.75. The molecular weight excluding hydrogens is 428 g/mol. The monoisotopic (exact) mass is 464 g/mol. The molecule has 0 spiro atoms. The van der Waals surface area contributed by atoms with E-state index in [4.69, 9.17) is 4.74 Å². The molecule has 0 amide bonds. The predicted octanol–water partition coefficient (Wildman–Crippen LogP) is 2.22. The van der Waals surface area contributed by atoms with Gasteiger partial charge in [0.05, 0.1) is 17.3 Å². The number of piperazine rings is 2. The van der Waals surface area contributed by atoms with Crippen molar-refractivity contribution in [3.63, 3.8) is 0 Å². The summed E-state index contributed by atoms with van der Waals surface area (Å²) in [6.07, 6.45) is 1.78. The summed E-state index contributed by atoms with van der Waals surface area (Å²) in [5.41, 5.74) is 2.63. The van der Waals surface area contributed by atoms with Crippen molar-refractivity contribution in [1.82, 2.24) is 35.3 Å². The molecule has 2 N–H and O–H groups in total. The number of rotatable bonds is 7. The Kier molecular flexibility index (Phi) is 6.94. The van der Waals surface area contributed by atoms with E-state index in [1.54, 1.807) is 6.33 Å². The van der Waals surface area contributed by atoms with Crippen LogP contribution in [0.25, 0.3) is 22.3 Å². The number of anilines is 1. The molecule has 0 bridgehead atoms. The molecule has 0 unspecified atom stereocenters. The lowest BCUT2D eigenvalue weighted by atomic mass is 10.1. The minimum absolute atomic E-state index is 0.121. The van der Waals surface area contributed by atoms with Crippen LogP contribution in [0.1, 0.15) is 20.8 Å². The van der Waals surface area contributed by atoms with Gasteiger partial charge in [0, 0.05) is 76.4 Å². The SMILES string of the molecule is CC(C)Oc1ccc2[nH]nc(-c3cc(N4CCN(CCN5CCNCC5)[C@@H](C)C4)ncn3)c2c1. The summed E-state index contributed by atoms with van der Waals surface area (Å²) in [5.74, 6) is 1.80. The molecule has 4 heterocycles. The van der Waals surface area contributed by atoms with Crippen LogP contribution in [0, 0.1) is 0 Å². The first kappa shape index (κ1) is 23.0. The van der Waals surface area contributed by atoms with Crippen molar-refractivity contribution in [3.05, 3.63) is 30.6 Å². The molecule has 182 valence electrons. The van der Waals surface area contributed by atoms with Crippen molar-refractivity contribution in [2.75, 3.05) is 63.8 Å². The van der Waals surface area contributed by atoms with Gasteiger partial charge in [-0.1, -0.05) is 0 Å². The Morgan fingerprint density at radius 2 is 1.91 bits per heavy atom. The lowest BCUT2D eigenvalue weighted by Crippen LogP contribution is -2.54. The fraction of sp³-hybridized carbons (Fsp3) is 0.560.